The van der Waals surface area contributed by atoms with Crippen LogP contribution in [0.25, 0.3) is 32.0 Å². The molecule has 14 heteroatoms. The molecule has 0 radical (unpaired) electrons. The van der Waals surface area contributed by atoms with E-state index in [1.54, 1.807) is 22.2 Å². The first kappa shape index (κ1) is 34.3. The maximum atomic E-state index is 14.3. The number of carbonyl (C=O) groups excluding carboxylic acids is 1. The Morgan fingerprint density at radius 2 is 1.64 bits per heavy atom. The highest BCUT2D eigenvalue weighted by molar-refractivity contribution is 7.21. The number of imidazole rings is 1. The summed E-state index contributed by atoms with van der Waals surface area (Å²) in [4.78, 5) is 32.0. The second-order valence-corrected chi connectivity index (χ2v) is 15.2. The average Bonchev–Trinajstić information content (AvgIpc) is 4.04. The maximum absolute atomic E-state index is 14.3. The molecule has 4 atom stereocenters. The van der Waals surface area contributed by atoms with Gasteiger partial charge in [0.25, 0.3) is 5.91 Å². The number of benzene rings is 4. The van der Waals surface area contributed by atoms with Gasteiger partial charge in [-0.3, -0.25) is 9.36 Å². The van der Waals surface area contributed by atoms with Crippen LogP contribution in [-0.2, 0) is 20.0 Å². The Morgan fingerprint density at radius 3 is 2.41 bits per heavy atom. The molecule has 56 heavy (non-hydrogen) atoms. The van der Waals surface area contributed by atoms with E-state index < -0.39 is 36.1 Å². The van der Waals surface area contributed by atoms with E-state index in [1.807, 2.05) is 123 Å². The van der Waals surface area contributed by atoms with Crippen molar-refractivity contribution in [3.8, 4) is 22.1 Å². The predicted molar refractivity (Wildman–Crippen MR) is 209 cm³/mol. The van der Waals surface area contributed by atoms with Crippen LogP contribution >= 0.6 is 11.3 Å². The number of nitrogens with one attached hydrogen (secondary N) is 1. The number of aromatic nitrogens is 5. The summed E-state index contributed by atoms with van der Waals surface area (Å²) < 4.78 is 35.6. The van der Waals surface area contributed by atoms with Crippen LogP contribution in [0.4, 0.5) is 5.82 Å². The number of nitrogens with zero attached hydrogens (tertiary/aromatic N) is 5. The first-order valence-electron chi connectivity index (χ1n) is 18.2. The van der Waals surface area contributed by atoms with Gasteiger partial charge in [-0.1, -0.05) is 84.9 Å². The Kier molecular flexibility index (Phi) is 8.11. The molecule has 13 nitrogen and oxygen atoms in total. The Morgan fingerprint density at radius 1 is 0.911 bits per heavy atom. The molecule has 3 aromatic heterocycles. The van der Waals surface area contributed by atoms with Gasteiger partial charge in [0.1, 0.15) is 35.2 Å². The minimum Gasteiger partial charge on any atom is -0.440 e. The Balaban J connectivity index is 0.953. The fourth-order valence-electron chi connectivity index (χ4n) is 7.60. The van der Waals surface area contributed by atoms with E-state index >= 15 is 0 Å². The monoisotopic (exact) mass is 765 g/mol. The number of nitrogen functional groups attached to an aromatic ring is 1. The molecule has 2 fully saturated rings. The average molecular weight is 766 g/mol. The number of para-hydroxylation sites is 1. The number of hydrogen-bond donors (Lipinski definition) is 2. The molecule has 3 aliphatic rings. The van der Waals surface area contributed by atoms with Crippen molar-refractivity contribution < 1.29 is 28.5 Å². The van der Waals surface area contributed by atoms with E-state index in [2.05, 4.69) is 20.3 Å². The molecule has 280 valence electrons. The fourth-order valence-corrected chi connectivity index (χ4v) is 8.55. The van der Waals surface area contributed by atoms with Crippen LogP contribution in [0, 0.1) is 0 Å². The lowest BCUT2D eigenvalue weighted by Gasteiger charge is -2.28. The van der Waals surface area contributed by atoms with Gasteiger partial charge < -0.3 is 34.7 Å². The number of thiazole rings is 1. The van der Waals surface area contributed by atoms with E-state index in [0.717, 1.165) is 31.9 Å². The Bertz CT molecular complexity index is 2570. The van der Waals surface area contributed by atoms with Gasteiger partial charge in [0.15, 0.2) is 35.0 Å². The number of anilines is 1. The molecule has 1 amide bonds. The number of hydrogen-bond acceptors (Lipinski definition) is 12. The minimum absolute atomic E-state index is 0.187. The van der Waals surface area contributed by atoms with Crippen molar-refractivity contribution >= 4 is 44.4 Å². The molecule has 0 bridgehead atoms. The number of fused-ring (bicyclic) bond motifs is 4. The van der Waals surface area contributed by atoms with Gasteiger partial charge in [0, 0.05) is 23.2 Å². The maximum Gasteiger partial charge on any atom is 0.305 e. The molecule has 0 saturated carbocycles. The summed E-state index contributed by atoms with van der Waals surface area (Å²) in [7, 11) is 0. The van der Waals surface area contributed by atoms with E-state index in [4.69, 9.17) is 34.4 Å². The van der Waals surface area contributed by atoms with Crippen LogP contribution in [0.3, 0.4) is 0 Å². The smallest absolute Gasteiger partial charge is 0.305 e. The Hall–Kier alpha value is -6.19. The van der Waals surface area contributed by atoms with Crippen LogP contribution in [0.15, 0.2) is 122 Å². The van der Waals surface area contributed by atoms with Crippen molar-refractivity contribution in [3.05, 3.63) is 139 Å². The molecule has 7 aromatic rings. The topological polar surface area (TPSA) is 158 Å². The highest BCUT2D eigenvalue weighted by Crippen LogP contribution is 2.51. The molecule has 0 aliphatic carbocycles. The SMILES string of the molecule is CC1(C)OC2C(O1)[C@@H](/C=C/CNC(=O)c1cc(-c3nc4ccccc4s3)cc3c1OC(c1ccccc1)(c1ccccc1)O3)O[C@H]2n1cnc2c(N)ncnc21. The van der Waals surface area contributed by atoms with Gasteiger partial charge in [0.2, 0.25) is 0 Å². The summed E-state index contributed by atoms with van der Waals surface area (Å²) in [5.74, 6) is -1.46. The lowest BCUT2D eigenvalue weighted by atomic mass is 9.97. The van der Waals surface area contributed by atoms with Crippen molar-refractivity contribution in [3.63, 3.8) is 0 Å². The van der Waals surface area contributed by atoms with E-state index in [-0.39, 0.29) is 18.3 Å². The van der Waals surface area contributed by atoms with Gasteiger partial charge in [-0.25, -0.2) is 19.9 Å². The molecule has 2 saturated heterocycles. The fraction of sp³-hybridized carbons (Fsp3) is 0.214. The second-order valence-electron chi connectivity index (χ2n) is 14.2. The van der Waals surface area contributed by atoms with Crippen LogP contribution in [0.1, 0.15) is 41.6 Å². The molecule has 10 rings (SSSR count). The van der Waals surface area contributed by atoms with Crippen LogP contribution in [-0.4, -0.2) is 61.1 Å². The van der Waals surface area contributed by atoms with Crippen molar-refractivity contribution in [1.29, 1.82) is 0 Å². The van der Waals surface area contributed by atoms with Crippen molar-refractivity contribution in [2.45, 2.75) is 50.0 Å². The number of ether oxygens (including phenoxy) is 5. The molecule has 6 heterocycles. The summed E-state index contributed by atoms with van der Waals surface area (Å²) in [5, 5.41) is 3.81. The zero-order valence-electron chi connectivity index (χ0n) is 30.2. The number of carbonyl (C=O) groups is 1. The third-order valence-electron chi connectivity index (χ3n) is 10.1. The van der Waals surface area contributed by atoms with E-state index in [9.17, 15) is 4.79 Å². The zero-order chi connectivity index (χ0) is 38.0. The van der Waals surface area contributed by atoms with Crippen LogP contribution < -0.4 is 20.5 Å². The van der Waals surface area contributed by atoms with E-state index in [0.29, 0.717) is 28.2 Å². The summed E-state index contributed by atoms with van der Waals surface area (Å²) in [6, 6.07) is 31.1. The summed E-state index contributed by atoms with van der Waals surface area (Å²) >= 11 is 1.55. The minimum atomic E-state index is -1.33. The first-order valence-corrected chi connectivity index (χ1v) is 19.0. The summed E-state index contributed by atoms with van der Waals surface area (Å²) in [6.45, 7) is 3.92. The lowest BCUT2D eigenvalue weighted by molar-refractivity contribution is -0.191. The van der Waals surface area contributed by atoms with Gasteiger partial charge >= 0.3 is 5.79 Å². The normalized spacial score (nSPS) is 21.9. The number of nitrogens with two attached hydrogens (primary N) is 1. The molecule has 4 aromatic carbocycles. The highest BCUT2D eigenvalue weighted by Gasteiger charge is 2.55. The van der Waals surface area contributed by atoms with Gasteiger partial charge in [0.05, 0.1) is 22.1 Å². The molecule has 2 unspecified atom stereocenters. The third-order valence-corrected chi connectivity index (χ3v) is 11.2. The highest BCUT2D eigenvalue weighted by atomic mass is 32.1. The van der Waals surface area contributed by atoms with E-state index in [1.165, 1.54) is 6.33 Å². The largest absolute Gasteiger partial charge is 0.440 e. The zero-order valence-corrected chi connectivity index (χ0v) is 31.1. The molecular formula is C42H35N7O6S. The van der Waals surface area contributed by atoms with Crippen molar-refractivity contribution in [2.24, 2.45) is 0 Å². The van der Waals surface area contributed by atoms with Gasteiger partial charge in [-0.2, -0.15) is 0 Å². The molecule has 0 spiro atoms. The Labute approximate surface area is 324 Å². The number of amides is 1. The molecule has 3 aliphatic heterocycles. The summed E-state index contributed by atoms with van der Waals surface area (Å²) in [6.07, 6.45) is 4.76. The van der Waals surface area contributed by atoms with Crippen LogP contribution in [0.2, 0.25) is 0 Å². The lowest BCUT2D eigenvalue weighted by Crippen LogP contribution is -2.37. The molecule has 3 N–H and O–H groups in total. The number of rotatable bonds is 8. The van der Waals surface area contributed by atoms with Crippen molar-refractivity contribution in [2.75, 3.05) is 12.3 Å². The molecular weight excluding hydrogens is 731 g/mol. The van der Waals surface area contributed by atoms with Crippen molar-refractivity contribution in [1.82, 2.24) is 29.8 Å². The third kappa shape index (κ3) is 5.76. The first-order chi connectivity index (χ1) is 27.3. The van der Waals surface area contributed by atoms with Gasteiger partial charge in [-0.05, 0) is 38.1 Å². The predicted octanol–water partition coefficient (Wildman–Crippen LogP) is 6.76. The second kappa shape index (κ2) is 13.2. The standard InChI is InChI=1S/C42H35N7O6S/c1-41(2)53-34-29(51-40(35(34)54-41)49-23-47-32-36(43)45-22-46-37(32)49)17-11-19-44-38(50)27-20-24(39-48-28-16-9-10-18-31(28)56-39)21-30-33(27)55-42(52-30,25-12-5-3-6-13-25)26-14-7-4-8-15-26/h3-18,20-23,29,34-35,40H,19H2,1-2H3,(H,44,50)(H2,43,45,46)/b17-11+/t29-,34?,35?,40-/m1/s1. The van der Waals surface area contributed by atoms with Crippen LogP contribution in [0.5, 0.6) is 11.5 Å². The van der Waals surface area contributed by atoms with Gasteiger partial charge in [-0.15, -0.1) is 11.3 Å². The summed E-state index contributed by atoms with van der Waals surface area (Å²) in [5.41, 5.74) is 10.6. The quantitative estimate of drug-likeness (QED) is 0.158.